The van der Waals surface area contributed by atoms with Crippen molar-refractivity contribution in [3.8, 4) is 0 Å². The zero-order valence-electron chi connectivity index (χ0n) is 14.8. The molecule has 1 aromatic carbocycles. The molecule has 0 aliphatic carbocycles. The van der Waals surface area contributed by atoms with Crippen molar-refractivity contribution in [2.24, 2.45) is 0 Å². The second-order valence-corrected chi connectivity index (χ2v) is 6.38. The van der Waals surface area contributed by atoms with E-state index in [4.69, 9.17) is 17.5 Å². The van der Waals surface area contributed by atoms with E-state index in [9.17, 15) is 0 Å². The van der Waals surface area contributed by atoms with Gasteiger partial charge in [-0.1, -0.05) is 51.1 Å². The van der Waals surface area contributed by atoms with Gasteiger partial charge in [-0.25, -0.2) is 0 Å². The summed E-state index contributed by atoms with van der Waals surface area (Å²) < 4.78 is 35.4. The van der Waals surface area contributed by atoms with E-state index in [-0.39, 0.29) is 1.43 Å². The minimum atomic E-state index is -5.17. The van der Waals surface area contributed by atoms with Crippen LogP contribution in [0.4, 0.5) is 0 Å². The molecule has 0 saturated carbocycles. The Labute approximate surface area is 136 Å². The van der Waals surface area contributed by atoms with Gasteiger partial charge in [0.25, 0.3) is 0 Å². The van der Waals surface area contributed by atoms with Gasteiger partial charge in [0.05, 0.1) is 19.6 Å². The average molecular weight is 331 g/mol. The fourth-order valence-electron chi connectivity index (χ4n) is 2.97. The van der Waals surface area contributed by atoms with Crippen LogP contribution in [0.2, 0.25) is 0 Å². The van der Waals surface area contributed by atoms with Crippen molar-refractivity contribution in [2.45, 2.75) is 46.6 Å². The summed E-state index contributed by atoms with van der Waals surface area (Å²) in [4.78, 5) is 0. The van der Waals surface area contributed by atoms with Crippen molar-refractivity contribution in [3.05, 3.63) is 35.9 Å². The molecule has 0 N–H and O–H groups in total. The molecule has 5 nitrogen and oxygen atoms in total. The Bertz CT molecular complexity index is 469. The van der Waals surface area contributed by atoms with Gasteiger partial charge in [0, 0.05) is 16.0 Å². The lowest BCUT2D eigenvalue weighted by Crippen LogP contribution is -2.48. The van der Waals surface area contributed by atoms with E-state index < -0.39 is 10.4 Å². The Morgan fingerprint density at radius 2 is 1.27 bits per heavy atom. The molecule has 0 aliphatic heterocycles. The van der Waals surface area contributed by atoms with Gasteiger partial charge in [-0.05, 0) is 19.3 Å². The molecular formula is C16H29NO4S. The fourth-order valence-corrected chi connectivity index (χ4v) is 2.97. The maximum absolute atomic E-state index is 8.52. The number of benzene rings is 1. The van der Waals surface area contributed by atoms with Gasteiger partial charge in [0.1, 0.15) is 6.54 Å². The topological polar surface area (TPSA) is 80.3 Å². The molecule has 0 atom stereocenters. The van der Waals surface area contributed by atoms with Crippen LogP contribution in [0.15, 0.2) is 30.3 Å². The van der Waals surface area contributed by atoms with Crippen LogP contribution in [0.3, 0.4) is 0 Å². The number of rotatable bonds is 8. The van der Waals surface area contributed by atoms with Gasteiger partial charge in [0.15, 0.2) is 0 Å². The Kier molecular flexibility index (Phi) is 10.3. The van der Waals surface area contributed by atoms with Crippen LogP contribution in [0, 0.1) is 0 Å². The SMILES string of the molecule is CCC[N+](CCC)(CCC)Cc1ccccc1.O=S(=O)([O-])[O-].[H+]. The standard InChI is InChI=1S/C16H28N.H2O4S/c1-4-12-17(13-5-2,14-6-3)15-16-10-8-7-9-11-16;1-5(2,3)4/h7-11H,4-6,12-15H2,1-3H3;(H2,1,2,3,4)/q+1;/p-1. The van der Waals surface area contributed by atoms with Crippen LogP contribution < -0.4 is 0 Å². The first-order valence-electron chi connectivity index (χ1n) is 7.82. The first-order chi connectivity index (χ1) is 10.3. The van der Waals surface area contributed by atoms with E-state index >= 15 is 0 Å². The van der Waals surface area contributed by atoms with Crippen molar-refractivity contribution in [2.75, 3.05) is 19.6 Å². The summed E-state index contributed by atoms with van der Waals surface area (Å²) in [7, 11) is -5.17. The van der Waals surface area contributed by atoms with Gasteiger partial charge < -0.3 is 13.6 Å². The Morgan fingerprint density at radius 3 is 1.59 bits per heavy atom. The maximum atomic E-state index is 8.52. The van der Waals surface area contributed by atoms with Gasteiger partial charge in [0.2, 0.25) is 0 Å². The molecule has 0 radical (unpaired) electrons. The van der Waals surface area contributed by atoms with Crippen molar-refractivity contribution in [1.29, 1.82) is 0 Å². The molecule has 0 spiro atoms. The first-order valence-corrected chi connectivity index (χ1v) is 9.15. The van der Waals surface area contributed by atoms with Crippen molar-refractivity contribution < 1.29 is 23.4 Å². The van der Waals surface area contributed by atoms with E-state index in [1.54, 1.807) is 0 Å². The zero-order chi connectivity index (χ0) is 17.1. The Morgan fingerprint density at radius 1 is 0.909 bits per heavy atom. The maximum Gasteiger partial charge on any atom is 1.00 e. The molecule has 0 saturated heterocycles. The van der Waals surface area contributed by atoms with Crippen LogP contribution >= 0.6 is 0 Å². The Hall–Kier alpha value is -0.950. The van der Waals surface area contributed by atoms with Crippen LogP contribution in [-0.2, 0) is 16.9 Å². The van der Waals surface area contributed by atoms with E-state index in [1.807, 2.05) is 0 Å². The second kappa shape index (κ2) is 10.7. The monoisotopic (exact) mass is 331 g/mol. The van der Waals surface area contributed by atoms with Crippen molar-refractivity contribution in [3.63, 3.8) is 0 Å². The predicted octanol–water partition coefficient (Wildman–Crippen LogP) is 3.01. The molecule has 0 bridgehead atoms. The highest BCUT2D eigenvalue weighted by molar-refractivity contribution is 7.79. The Balaban J connectivity index is 0. The summed E-state index contributed by atoms with van der Waals surface area (Å²) >= 11 is 0. The number of hydrogen-bond donors (Lipinski definition) is 0. The summed E-state index contributed by atoms with van der Waals surface area (Å²) in [6.07, 6.45) is 3.85. The van der Waals surface area contributed by atoms with Crippen LogP contribution in [0.25, 0.3) is 0 Å². The molecule has 6 heteroatoms. The lowest BCUT2D eigenvalue weighted by atomic mass is 10.1. The first kappa shape index (κ1) is 21.0. The van der Waals surface area contributed by atoms with Crippen LogP contribution in [-0.4, -0.2) is 41.6 Å². The third-order valence-corrected chi connectivity index (χ3v) is 3.45. The quantitative estimate of drug-likeness (QED) is 0.416. The minimum absolute atomic E-state index is 0. The lowest BCUT2D eigenvalue weighted by molar-refractivity contribution is -0.941. The zero-order valence-corrected chi connectivity index (χ0v) is 14.6. The van der Waals surface area contributed by atoms with Crippen molar-refractivity contribution in [1.82, 2.24) is 0 Å². The highest BCUT2D eigenvalue weighted by Gasteiger charge is 2.24. The summed E-state index contributed by atoms with van der Waals surface area (Å²) in [6, 6.07) is 11.0. The molecule has 1 aromatic rings. The summed E-state index contributed by atoms with van der Waals surface area (Å²) in [6.45, 7) is 12.1. The molecule has 1 rings (SSSR count). The molecular weight excluding hydrogens is 302 g/mol. The van der Waals surface area contributed by atoms with E-state index in [0.717, 1.165) is 0 Å². The molecule has 0 aliphatic rings. The smallest absolute Gasteiger partial charge is 0.759 e. The number of quaternary nitrogens is 1. The van der Waals surface area contributed by atoms with Gasteiger partial charge >= 0.3 is 1.43 Å². The molecule has 0 fully saturated rings. The summed E-state index contributed by atoms with van der Waals surface area (Å²) in [5, 5.41) is 0. The van der Waals surface area contributed by atoms with Gasteiger partial charge in [-0.2, -0.15) is 0 Å². The van der Waals surface area contributed by atoms with E-state index in [1.165, 1.54) is 55.5 Å². The molecule has 0 aromatic heterocycles. The molecule has 0 amide bonds. The third kappa shape index (κ3) is 10.7. The van der Waals surface area contributed by atoms with Crippen molar-refractivity contribution >= 4 is 10.4 Å². The van der Waals surface area contributed by atoms with Gasteiger partial charge in [-0.15, -0.1) is 0 Å². The molecule has 0 unspecified atom stereocenters. The van der Waals surface area contributed by atoms with Gasteiger partial charge in [-0.3, -0.25) is 8.42 Å². The van der Waals surface area contributed by atoms with E-state index in [0.29, 0.717) is 0 Å². The number of hydrogen-bond acceptors (Lipinski definition) is 4. The minimum Gasteiger partial charge on any atom is -0.759 e. The van der Waals surface area contributed by atoms with Crippen LogP contribution in [0.1, 0.15) is 47.0 Å². The normalized spacial score (nSPS) is 11.7. The summed E-state index contributed by atoms with van der Waals surface area (Å²) in [5.41, 5.74) is 1.49. The largest absolute Gasteiger partial charge is 1.00 e. The highest BCUT2D eigenvalue weighted by Crippen LogP contribution is 2.17. The summed E-state index contributed by atoms with van der Waals surface area (Å²) in [5.74, 6) is 0. The average Bonchev–Trinajstić information content (AvgIpc) is 2.39. The molecule has 0 heterocycles. The van der Waals surface area contributed by atoms with Crippen LogP contribution in [0.5, 0.6) is 0 Å². The molecule has 22 heavy (non-hydrogen) atoms. The lowest BCUT2D eigenvalue weighted by Gasteiger charge is -2.38. The third-order valence-electron chi connectivity index (χ3n) is 3.45. The highest BCUT2D eigenvalue weighted by atomic mass is 32.3. The second-order valence-electron chi connectivity index (χ2n) is 5.56. The predicted molar refractivity (Wildman–Crippen MR) is 87.5 cm³/mol. The number of nitrogens with zero attached hydrogens (tertiary/aromatic N) is 1. The fraction of sp³-hybridized carbons (Fsp3) is 0.625. The molecule has 128 valence electrons. The van der Waals surface area contributed by atoms with E-state index in [2.05, 4.69) is 51.1 Å².